The number of rotatable bonds is 9. The van der Waals surface area contributed by atoms with Crippen LogP contribution in [0.2, 0.25) is 0 Å². The zero-order valence-electron chi connectivity index (χ0n) is 17.2. The molecule has 0 aliphatic carbocycles. The first kappa shape index (κ1) is 22.2. The molecule has 0 unspecified atom stereocenters. The summed E-state index contributed by atoms with van der Waals surface area (Å²) in [4.78, 5) is 27.0. The Morgan fingerprint density at radius 2 is 1.97 bits per heavy atom. The number of methoxy groups -OCH3 is 1. The van der Waals surface area contributed by atoms with Crippen molar-refractivity contribution in [2.75, 3.05) is 26.9 Å². The van der Waals surface area contributed by atoms with Gasteiger partial charge in [-0.15, -0.1) is 0 Å². The van der Waals surface area contributed by atoms with Crippen LogP contribution in [0.1, 0.15) is 23.6 Å². The van der Waals surface area contributed by atoms with Crippen LogP contribution in [0, 0.1) is 5.82 Å². The van der Waals surface area contributed by atoms with E-state index in [1.54, 1.807) is 43.5 Å². The minimum atomic E-state index is -0.899. The standard InChI is InChI=1S/C24H24FNO5/c1-3-13-31-19-10-8-16(9-11-19)22(27)20-21(17-6-4-7-18(25)15-17)26(12-5-14-30-2)24(29)23(20)28/h3-4,6-11,15,21,27H,1,5,12-14H2,2H3/t21-/m1/s1. The molecule has 6 nitrogen and oxygen atoms in total. The monoisotopic (exact) mass is 425 g/mol. The van der Waals surface area contributed by atoms with Crippen LogP contribution >= 0.6 is 0 Å². The third-order valence-corrected chi connectivity index (χ3v) is 4.95. The van der Waals surface area contributed by atoms with Crippen molar-refractivity contribution in [1.29, 1.82) is 0 Å². The third-order valence-electron chi connectivity index (χ3n) is 4.95. The van der Waals surface area contributed by atoms with Crippen LogP contribution in [0.15, 0.2) is 66.8 Å². The first-order chi connectivity index (χ1) is 15.0. The van der Waals surface area contributed by atoms with Gasteiger partial charge in [0.1, 0.15) is 23.9 Å². The van der Waals surface area contributed by atoms with Gasteiger partial charge in [0.2, 0.25) is 0 Å². The smallest absolute Gasteiger partial charge is 0.295 e. The fraction of sp³-hybridized carbons (Fsp3) is 0.250. The fourth-order valence-electron chi connectivity index (χ4n) is 3.53. The van der Waals surface area contributed by atoms with Crippen LogP contribution in [0.5, 0.6) is 5.75 Å². The molecule has 1 aliphatic heterocycles. The highest BCUT2D eigenvalue weighted by Crippen LogP contribution is 2.39. The highest BCUT2D eigenvalue weighted by Gasteiger charge is 2.45. The molecule has 3 rings (SSSR count). The van der Waals surface area contributed by atoms with Crippen molar-refractivity contribution < 1.29 is 28.6 Å². The second-order valence-corrected chi connectivity index (χ2v) is 7.02. The van der Waals surface area contributed by atoms with Gasteiger partial charge >= 0.3 is 0 Å². The Kier molecular flexibility index (Phi) is 7.20. The Balaban J connectivity index is 2.04. The van der Waals surface area contributed by atoms with E-state index in [-0.39, 0.29) is 17.9 Å². The Bertz CT molecular complexity index is 999. The number of likely N-dealkylation sites (tertiary alicyclic amines) is 1. The van der Waals surface area contributed by atoms with Gasteiger partial charge in [-0.2, -0.15) is 0 Å². The van der Waals surface area contributed by atoms with Crippen molar-refractivity contribution in [3.05, 3.63) is 83.7 Å². The molecule has 0 spiro atoms. The van der Waals surface area contributed by atoms with Gasteiger partial charge in [-0.05, 0) is 48.4 Å². The maximum Gasteiger partial charge on any atom is 0.295 e. The predicted octanol–water partition coefficient (Wildman–Crippen LogP) is 3.85. The number of benzene rings is 2. The molecule has 0 radical (unpaired) electrons. The molecule has 1 fully saturated rings. The molecule has 162 valence electrons. The van der Waals surface area contributed by atoms with Gasteiger partial charge in [-0.1, -0.05) is 24.8 Å². The number of hydrogen-bond acceptors (Lipinski definition) is 5. The lowest BCUT2D eigenvalue weighted by atomic mass is 9.95. The van der Waals surface area contributed by atoms with Crippen molar-refractivity contribution in [2.24, 2.45) is 0 Å². The van der Waals surface area contributed by atoms with Crippen molar-refractivity contribution in [3.8, 4) is 5.75 Å². The molecule has 0 saturated carbocycles. The Labute approximate surface area is 180 Å². The van der Waals surface area contributed by atoms with Gasteiger partial charge in [-0.3, -0.25) is 9.59 Å². The molecule has 1 saturated heterocycles. The average molecular weight is 425 g/mol. The number of amides is 1. The fourth-order valence-corrected chi connectivity index (χ4v) is 3.53. The maximum atomic E-state index is 13.9. The SMILES string of the molecule is C=CCOc1ccc(C(O)=C2C(=O)C(=O)N(CCCOC)[C@@H]2c2cccc(F)c2)cc1. The summed E-state index contributed by atoms with van der Waals surface area (Å²) >= 11 is 0. The molecule has 1 N–H and O–H groups in total. The Morgan fingerprint density at radius 3 is 2.61 bits per heavy atom. The second kappa shape index (κ2) is 10.0. The molecule has 1 atom stereocenters. The van der Waals surface area contributed by atoms with Crippen LogP contribution in [-0.4, -0.2) is 48.6 Å². The number of halogens is 1. The molecular formula is C24H24FNO5. The highest BCUT2D eigenvalue weighted by atomic mass is 19.1. The number of ketones is 1. The quantitative estimate of drug-likeness (QED) is 0.217. The van der Waals surface area contributed by atoms with Crippen molar-refractivity contribution >= 4 is 17.4 Å². The van der Waals surface area contributed by atoms with Crippen LogP contribution in [-0.2, 0) is 14.3 Å². The summed E-state index contributed by atoms with van der Waals surface area (Å²) in [5.41, 5.74) is 0.680. The largest absolute Gasteiger partial charge is 0.507 e. The van der Waals surface area contributed by atoms with Gasteiger partial charge in [0.25, 0.3) is 11.7 Å². The summed E-state index contributed by atoms with van der Waals surface area (Å²) in [6, 6.07) is 11.2. The van der Waals surface area contributed by atoms with E-state index >= 15 is 0 Å². The van der Waals surface area contributed by atoms with E-state index in [0.717, 1.165) is 0 Å². The molecular weight excluding hydrogens is 401 g/mol. The molecule has 1 aliphatic rings. The lowest BCUT2D eigenvalue weighted by Crippen LogP contribution is -2.31. The number of carbonyl (C=O) groups is 2. The van der Waals surface area contributed by atoms with Crippen LogP contribution in [0.25, 0.3) is 5.76 Å². The minimum absolute atomic E-state index is 0.0761. The second-order valence-electron chi connectivity index (χ2n) is 7.02. The topological polar surface area (TPSA) is 76.1 Å². The Morgan fingerprint density at radius 1 is 1.23 bits per heavy atom. The minimum Gasteiger partial charge on any atom is -0.507 e. The van der Waals surface area contributed by atoms with Gasteiger partial charge in [0.05, 0.1) is 11.6 Å². The van der Waals surface area contributed by atoms with E-state index in [9.17, 15) is 19.1 Å². The van der Waals surface area contributed by atoms with Gasteiger partial charge in [0.15, 0.2) is 0 Å². The molecule has 0 bridgehead atoms. The zero-order valence-corrected chi connectivity index (χ0v) is 17.2. The first-order valence-corrected chi connectivity index (χ1v) is 9.85. The zero-order chi connectivity index (χ0) is 22.4. The summed E-state index contributed by atoms with van der Waals surface area (Å²) < 4.78 is 24.4. The number of nitrogens with zero attached hydrogens (tertiary/aromatic N) is 1. The Hall–Kier alpha value is -3.45. The predicted molar refractivity (Wildman–Crippen MR) is 114 cm³/mol. The molecule has 1 heterocycles. The molecule has 31 heavy (non-hydrogen) atoms. The molecule has 7 heteroatoms. The lowest BCUT2D eigenvalue weighted by Gasteiger charge is -2.25. The van der Waals surface area contributed by atoms with Crippen molar-refractivity contribution in [1.82, 2.24) is 4.90 Å². The normalized spacial score (nSPS) is 17.7. The molecule has 2 aromatic carbocycles. The van der Waals surface area contributed by atoms with E-state index in [4.69, 9.17) is 9.47 Å². The van der Waals surface area contributed by atoms with Crippen LogP contribution in [0.4, 0.5) is 4.39 Å². The summed E-state index contributed by atoms with van der Waals surface area (Å²) in [6.45, 7) is 4.54. The van der Waals surface area contributed by atoms with E-state index in [1.165, 1.54) is 23.1 Å². The van der Waals surface area contributed by atoms with E-state index in [0.29, 0.717) is 36.5 Å². The van der Waals surface area contributed by atoms with Crippen molar-refractivity contribution in [2.45, 2.75) is 12.5 Å². The van der Waals surface area contributed by atoms with Gasteiger partial charge in [-0.25, -0.2) is 4.39 Å². The first-order valence-electron chi connectivity index (χ1n) is 9.85. The summed E-state index contributed by atoms with van der Waals surface area (Å²) in [7, 11) is 1.54. The summed E-state index contributed by atoms with van der Waals surface area (Å²) in [5, 5.41) is 11.0. The van der Waals surface area contributed by atoms with E-state index < -0.39 is 23.5 Å². The maximum absolute atomic E-state index is 13.9. The molecule has 2 aromatic rings. The number of carbonyl (C=O) groups excluding carboxylic acids is 2. The number of aliphatic hydroxyl groups excluding tert-OH is 1. The molecule has 1 amide bonds. The number of Topliss-reactive ketones (excluding diaryl/α,β-unsaturated/α-hetero) is 1. The number of aliphatic hydroxyl groups is 1. The van der Waals surface area contributed by atoms with Crippen LogP contribution < -0.4 is 4.74 Å². The molecule has 0 aromatic heterocycles. The van der Waals surface area contributed by atoms with Gasteiger partial charge < -0.3 is 19.5 Å². The third kappa shape index (κ3) is 4.83. The van der Waals surface area contributed by atoms with E-state index in [1.807, 2.05) is 0 Å². The summed E-state index contributed by atoms with van der Waals surface area (Å²) in [5.74, 6) is -1.80. The lowest BCUT2D eigenvalue weighted by molar-refractivity contribution is -0.140. The summed E-state index contributed by atoms with van der Waals surface area (Å²) in [6.07, 6.45) is 2.10. The highest BCUT2D eigenvalue weighted by molar-refractivity contribution is 6.46. The average Bonchev–Trinajstić information content (AvgIpc) is 3.03. The van der Waals surface area contributed by atoms with E-state index in [2.05, 4.69) is 6.58 Å². The van der Waals surface area contributed by atoms with Crippen LogP contribution in [0.3, 0.4) is 0 Å². The van der Waals surface area contributed by atoms with Crippen molar-refractivity contribution in [3.63, 3.8) is 0 Å². The van der Waals surface area contributed by atoms with Gasteiger partial charge in [0, 0.05) is 25.8 Å². The number of ether oxygens (including phenoxy) is 2. The number of hydrogen-bond donors (Lipinski definition) is 1.